The molecule has 2 saturated carbocycles. The lowest BCUT2D eigenvalue weighted by Gasteiger charge is -2.36. The van der Waals surface area contributed by atoms with Crippen LogP contribution in [0.4, 0.5) is 0 Å². The molecule has 41 heavy (non-hydrogen) atoms. The first kappa shape index (κ1) is 33.3. The molecule has 2 fully saturated rings. The Kier molecular flexibility index (Phi) is 14.9. The summed E-state index contributed by atoms with van der Waals surface area (Å²) in [6.07, 6.45) is 36.8. The number of hydrogen-bond donors (Lipinski definition) is 0. The standard InChI is InChI=1S/C40H70O/c1-5-9-31(7-3)27-33-11-19-37(20-12-33)39-23-15-35(16-24-39)29-41-30-36-17-25-40(26-18-36)38-21-13-34(14-22-38)28-32(8-4)10-6-2/h15,17,31-34,37-40H,5-14,16,18-30H2,1-4H3. The molecule has 0 amide bonds. The molecule has 4 atom stereocenters. The van der Waals surface area contributed by atoms with Crippen molar-refractivity contribution < 1.29 is 4.74 Å². The Morgan fingerprint density at radius 3 is 1.29 bits per heavy atom. The van der Waals surface area contributed by atoms with Crippen molar-refractivity contribution in [3.05, 3.63) is 23.3 Å². The average Bonchev–Trinajstić information content (AvgIpc) is 3.02. The van der Waals surface area contributed by atoms with Gasteiger partial charge < -0.3 is 4.74 Å². The normalized spacial score (nSPS) is 32.7. The largest absolute Gasteiger partial charge is 0.373 e. The highest BCUT2D eigenvalue weighted by atomic mass is 16.5. The molecule has 1 nitrogen and oxygen atoms in total. The monoisotopic (exact) mass is 567 g/mol. The van der Waals surface area contributed by atoms with Gasteiger partial charge in [0.2, 0.25) is 0 Å². The quantitative estimate of drug-likeness (QED) is 0.169. The highest BCUT2D eigenvalue weighted by molar-refractivity contribution is 5.10. The van der Waals surface area contributed by atoms with E-state index in [1.165, 1.54) is 141 Å². The van der Waals surface area contributed by atoms with Gasteiger partial charge in [0, 0.05) is 0 Å². The van der Waals surface area contributed by atoms with E-state index in [0.29, 0.717) is 0 Å². The predicted molar refractivity (Wildman–Crippen MR) is 179 cm³/mol. The molecule has 0 radical (unpaired) electrons. The summed E-state index contributed by atoms with van der Waals surface area (Å²) in [7, 11) is 0. The third kappa shape index (κ3) is 10.8. The minimum Gasteiger partial charge on any atom is -0.373 e. The van der Waals surface area contributed by atoms with Crippen LogP contribution in [0.15, 0.2) is 23.3 Å². The van der Waals surface area contributed by atoms with Gasteiger partial charge in [0.05, 0.1) is 13.2 Å². The van der Waals surface area contributed by atoms with E-state index in [2.05, 4.69) is 39.8 Å². The third-order valence-corrected chi connectivity index (χ3v) is 12.7. The maximum Gasteiger partial charge on any atom is 0.0681 e. The van der Waals surface area contributed by atoms with Gasteiger partial charge in [-0.1, -0.05) is 104 Å². The van der Waals surface area contributed by atoms with Gasteiger partial charge in [-0.05, 0) is 136 Å². The van der Waals surface area contributed by atoms with Gasteiger partial charge in [0.25, 0.3) is 0 Å². The number of rotatable bonds is 16. The Morgan fingerprint density at radius 1 is 0.561 bits per heavy atom. The van der Waals surface area contributed by atoms with E-state index in [0.717, 1.165) is 60.6 Å². The molecule has 0 aromatic carbocycles. The molecule has 0 aromatic rings. The molecule has 0 heterocycles. The van der Waals surface area contributed by atoms with Crippen LogP contribution < -0.4 is 0 Å². The Morgan fingerprint density at radius 2 is 0.976 bits per heavy atom. The first-order valence-electron chi connectivity index (χ1n) is 19.0. The minimum atomic E-state index is 0.886. The van der Waals surface area contributed by atoms with E-state index in [-0.39, 0.29) is 0 Å². The minimum absolute atomic E-state index is 0.886. The fourth-order valence-corrected chi connectivity index (χ4v) is 9.78. The summed E-state index contributed by atoms with van der Waals surface area (Å²) in [5, 5.41) is 0. The van der Waals surface area contributed by atoms with Crippen LogP contribution in [-0.2, 0) is 4.74 Å². The van der Waals surface area contributed by atoms with Crippen LogP contribution in [0.5, 0.6) is 0 Å². The highest BCUT2D eigenvalue weighted by Crippen LogP contribution is 2.43. The van der Waals surface area contributed by atoms with E-state index >= 15 is 0 Å². The Balaban J connectivity index is 1.08. The Bertz CT molecular complexity index is 698. The van der Waals surface area contributed by atoms with Gasteiger partial charge >= 0.3 is 0 Å². The number of ether oxygens (including phenoxy) is 1. The Hall–Kier alpha value is -0.560. The van der Waals surface area contributed by atoms with E-state index in [9.17, 15) is 0 Å². The summed E-state index contributed by atoms with van der Waals surface area (Å²) >= 11 is 0. The molecular weight excluding hydrogens is 496 g/mol. The fourth-order valence-electron chi connectivity index (χ4n) is 9.78. The van der Waals surface area contributed by atoms with Crippen molar-refractivity contribution in [1.29, 1.82) is 0 Å². The highest BCUT2D eigenvalue weighted by Gasteiger charge is 2.31. The zero-order chi connectivity index (χ0) is 28.9. The molecule has 0 N–H and O–H groups in total. The molecule has 4 aliphatic rings. The smallest absolute Gasteiger partial charge is 0.0681 e. The molecule has 1 heteroatoms. The van der Waals surface area contributed by atoms with E-state index in [1.807, 2.05) is 0 Å². The van der Waals surface area contributed by atoms with Crippen LogP contribution in [0.25, 0.3) is 0 Å². The first-order valence-corrected chi connectivity index (χ1v) is 19.0. The third-order valence-electron chi connectivity index (χ3n) is 12.7. The summed E-state index contributed by atoms with van der Waals surface area (Å²) < 4.78 is 6.30. The van der Waals surface area contributed by atoms with Crippen LogP contribution in [0.3, 0.4) is 0 Å². The SMILES string of the molecule is CCCC(CC)CC1CCC(C2CC=C(COCC3=CCC(C4CCC(CC(CC)CCC)CC4)CC3)CC2)CC1. The molecule has 0 spiro atoms. The van der Waals surface area contributed by atoms with E-state index in [1.54, 1.807) is 11.1 Å². The zero-order valence-electron chi connectivity index (χ0n) is 28.2. The summed E-state index contributed by atoms with van der Waals surface area (Å²) in [5.41, 5.74) is 3.19. The van der Waals surface area contributed by atoms with Crippen LogP contribution >= 0.6 is 0 Å². The van der Waals surface area contributed by atoms with Gasteiger partial charge in [-0.15, -0.1) is 0 Å². The lowest BCUT2D eigenvalue weighted by Crippen LogP contribution is -2.25. The topological polar surface area (TPSA) is 9.23 Å². The zero-order valence-corrected chi connectivity index (χ0v) is 28.2. The number of allylic oxidation sites excluding steroid dienone is 2. The molecule has 4 rings (SSSR count). The van der Waals surface area contributed by atoms with Crippen LogP contribution in [0.1, 0.15) is 169 Å². The molecule has 4 unspecified atom stereocenters. The first-order chi connectivity index (χ1) is 20.1. The van der Waals surface area contributed by atoms with Gasteiger partial charge in [-0.2, -0.15) is 0 Å². The van der Waals surface area contributed by atoms with Gasteiger partial charge in [-0.3, -0.25) is 0 Å². The molecule has 236 valence electrons. The van der Waals surface area contributed by atoms with Crippen molar-refractivity contribution in [2.24, 2.45) is 47.3 Å². The Labute approximate surface area is 257 Å². The maximum absolute atomic E-state index is 6.30. The second-order valence-corrected chi connectivity index (χ2v) is 15.4. The van der Waals surface area contributed by atoms with Crippen molar-refractivity contribution in [3.63, 3.8) is 0 Å². The second-order valence-electron chi connectivity index (χ2n) is 15.4. The lowest BCUT2D eigenvalue weighted by atomic mass is 9.69. The summed E-state index contributed by atoms with van der Waals surface area (Å²) in [6.45, 7) is 11.3. The van der Waals surface area contributed by atoms with Gasteiger partial charge in [-0.25, -0.2) is 0 Å². The van der Waals surface area contributed by atoms with Crippen molar-refractivity contribution in [2.45, 2.75) is 169 Å². The summed E-state index contributed by atoms with van der Waals surface area (Å²) in [4.78, 5) is 0. The van der Waals surface area contributed by atoms with Crippen LogP contribution in [0, 0.1) is 47.3 Å². The molecule has 0 saturated heterocycles. The second kappa shape index (κ2) is 18.3. The number of hydrogen-bond acceptors (Lipinski definition) is 1. The van der Waals surface area contributed by atoms with E-state index < -0.39 is 0 Å². The summed E-state index contributed by atoms with van der Waals surface area (Å²) in [6, 6.07) is 0. The predicted octanol–water partition coefficient (Wildman–Crippen LogP) is 12.5. The summed E-state index contributed by atoms with van der Waals surface area (Å²) in [5.74, 6) is 7.95. The van der Waals surface area contributed by atoms with Crippen molar-refractivity contribution in [3.8, 4) is 0 Å². The van der Waals surface area contributed by atoms with E-state index in [4.69, 9.17) is 4.74 Å². The molecule has 4 aliphatic carbocycles. The molecule has 0 aliphatic heterocycles. The van der Waals surface area contributed by atoms with Crippen molar-refractivity contribution in [1.82, 2.24) is 0 Å². The lowest BCUT2D eigenvalue weighted by molar-refractivity contribution is 0.150. The van der Waals surface area contributed by atoms with Crippen LogP contribution in [-0.4, -0.2) is 13.2 Å². The van der Waals surface area contributed by atoms with Gasteiger partial charge in [0.15, 0.2) is 0 Å². The maximum atomic E-state index is 6.30. The van der Waals surface area contributed by atoms with Gasteiger partial charge in [0.1, 0.15) is 0 Å². The van der Waals surface area contributed by atoms with Crippen LogP contribution in [0.2, 0.25) is 0 Å². The molecule has 0 aromatic heterocycles. The molecule has 0 bridgehead atoms. The van der Waals surface area contributed by atoms with Crippen molar-refractivity contribution in [2.75, 3.05) is 13.2 Å². The fraction of sp³-hybridized carbons (Fsp3) is 0.900. The molecular formula is C40H70O. The average molecular weight is 567 g/mol. The van der Waals surface area contributed by atoms with Crippen molar-refractivity contribution >= 4 is 0 Å².